The van der Waals surface area contributed by atoms with Crippen LogP contribution < -0.4 is 15.1 Å². The molecule has 0 aliphatic rings. The van der Waals surface area contributed by atoms with Gasteiger partial charge in [0.1, 0.15) is 29.3 Å². The van der Waals surface area contributed by atoms with Crippen molar-refractivity contribution in [3.63, 3.8) is 0 Å². The largest absolute Gasteiger partial charge is 0.497 e. The third-order valence-electron chi connectivity index (χ3n) is 4.78. The first-order chi connectivity index (χ1) is 14.9. The average Bonchev–Trinajstić information content (AvgIpc) is 2.77. The van der Waals surface area contributed by atoms with Crippen molar-refractivity contribution in [1.29, 1.82) is 0 Å². The molecule has 7 heteroatoms. The van der Waals surface area contributed by atoms with Gasteiger partial charge in [-0.25, -0.2) is 4.79 Å². The lowest BCUT2D eigenvalue weighted by Crippen LogP contribution is -2.09. The second-order valence-corrected chi connectivity index (χ2v) is 6.81. The summed E-state index contributed by atoms with van der Waals surface area (Å²) in [5.41, 5.74) is 0.00799. The van der Waals surface area contributed by atoms with Crippen molar-refractivity contribution >= 4 is 11.0 Å². The Balaban J connectivity index is 1.79. The van der Waals surface area contributed by atoms with Crippen LogP contribution in [0, 0.1) is 0 Å². The van der Waals surface area contributed by atoms with Crippen molar-refractivity contribution in [2.75, 3.05) is 7.11 Å². The summed E-state index contributed by atoms with van der Waals surface area (Å²) in [6.07, 6.45) is -4.45. The highest BCUT2D eigenvalue weighted by atomic mass is 19.4. The molecule has 31 heavy (non-hydrogen) atoms. The molecule has 0 amide bonds. The van der Waals surface area contributed by atoms with E-state index in [1.807, 2.05) is 0 Å². The molecule has 158 valence electrons. The highest BCUT2D eigenvalue weighted by Gasteiger charge is 2.30. The normalized spacial score (nSPS) is 11.5. The van der Waals surface area contributed by atoms with Gasteiger partial charge in [0.15, 0.2) is 0 Å². The van der Waals surface area contributed by atoms with E-state index in [9.17, 15) is 18.0 Å². The van der Waals surface area contributed by atoms with Crippen LogP contribution >= 0.6 is 0 Å². The molecule has 1 aromatic heterocycles. The summed E-state index contributed by atoms with van der Waals surface area (Å²) < 4.78 is 55.6. The van der Waals surface area contributed by atoms with Crippen LogP contribution in [0.15, 0.2) is 82.0 Å². The Morgan fingerprint density at radius 1 is 0.935 bits per heavy atom. The molecule has 3 aromatic carbocycles. The van der Waals surface area contributed by atoms with Crippen molar-refractivity contribution in [2.24, 2.45) is 0 Å². The fourth-order valence-corrected chi connectivity index (χ4v) is 3.27. The minimum atomic E-state index is -4.45. The molecule has 0 N–H and O–H groups in total. The molecule has 0 aliphatic heterocycles. The van der Waals surface area contributed by atoms with Crippen LogP contribution in [0.5, 0.6) is 11.5 Å². The number of halogens is 3. The smallest absolute Gasteiger partial charge is 0.416 e. The lowest BCUT2D eigenvalue weighted by molar-refractivity contribution is -0.137. The van der Waals surface area contributed by atoms with E-state index in [1.54, 1.807) is 48.5 Å². The summed E-state index contributed by atoms with van der Waals surface area (Å²) in [4.78, 5) is 12.8. The van der Waals surface area contributed by atoms with Crippen LogP contribution in [0.3, 0.4) is 0 Å². The first kappa shape index (κ1) is 20.5. The van der Waals surface area contributed by atoms with E-state index < -0.39 is 17.4 Å². The molecule has 1 heterocycles. The van der Waals surface area contributed by atoms with Crippen LogP contribution in [0.25, 0.3) is 22.1 Å². The van der Waals surface area contributed by atoms with Gasteiger partial charge in [0.2, 0.25) is 0 Å². The van der Waals surface area contributed by atoms with E-state index in [1.165, 1.54) is 19.2 Å². The Kier molecular flexibility index (Phi) is 5.42. The average molecular weight is 426 g/mol. The monoisotopic (exact) mass is 426 g/mol. The van der Waals surface area contributed by atoms with E-state index in [4.69, 9.17) is 13.9 Å². The SMILES string of the molecule is COc1ccc(-c2c(OCc3cccc(C(F)(F)F)c3)c3ccccc3oc2=O)cc1. The topological polar surface area (TPSA) is 48.7 Å². The lowest BCUT2D eigenvalue weighted by Gasteiger charge is -2.14. The maximum Gasteiger partial charge on any atom is 0.416 e. The molecule has 4 aromatic rings. The molecule has 0 saturated heterocycles. The summed E-state index contributed by atoms with van der Waals surface area (Å²) >= 11 is 0. The predicted molar refractivity (Wildman–Crippen MR) is 110 cm³/mol. The number of hydrogen-bond donors (Lipinski definition) is 0. The van der Waals surface area contributed by atoms with Gasteiger partial charge in [-0.2, -0.15) is 13.2 Å². The first-order valence-electron chi connectivity index (χ1n) is 9.36. The van der Waals surface area contributed by atoms with Gasteiger partial charge in [-0.3, -0.25) is 0 Å². The van der Waals surface area contributed by atoms with Crippen molar-refractivity contribution in [2.45, 2.75) is 12.8 Å². The molecule has 4 rings (SSSR count). The summed E-state index contributed by atoms with van der Waals surface area (Å²) in [7, 11) is 1.53. The zero-order valence-electron chi connectivity index (χ0n) is 16.4. The van der Waals surface area contributed by atoms with Crippen LogP contribution in [0.1, 0.15) is 11.1 Å². The number of ether oxygens (including phenoxy) is 2. The van der Waals surface area contributed by atoms with Crippen molar-refractivity contribution in [1.82, 2.24) is 0 Å². The number of hydrogen-bond acceptors (Lipinski definition) is 4. The molecular weight excluding hydrogens is 409 g/mol. The van der Waals surface area contributed by atoms with Crippen LogP contribution in [0.4, 0.5) is 13.2 Å². The molecule has 0 fully saturated rings. The summed E-state index contributed by atoms with van der Waals surface area (Å²) in [6, 6.07) is 18.5. The molecular formula is C24H17F3O4. The van der Waals surface area contributed by atoms with Gasteiger partial charge in [-0.15, -0.1) is 0 Å². The molecule has 0 spiro atoms. The third kappa shape index (κ3) is 4.26. The Labute approximate surface area is 175 Å². The second-order valence-electron chi connectivity index (χ2n) is 6.81. The van der Waals surface area contributed by atoms with E-state index in [2.05, 4.69) is 0 Å². The standard InChI is InChI=1S/C24H17F3O4/c1-29-18-11-9-16(10-12-18)21-22(19-7-2-3-8-20(19)31-23(21)28)30-14-15-5-4-6-17(13-15)24(25,26)27/h2-13H,14H2,1H3. The van der Waals surface area contributed by atoms with Gasteiger partial charge < -0.3 is 13.9 Å². The highest BCUT2D eigenvalue weighted by molar-refractivity contribution is 5.90. The number of fused-ring (bicyclic) bond motifs is 1. The van der Waals surface area contributed by atoms with E-state index in [0.717, 1.165) is 12.1 Å². The molecule has 0 aliphatic carbocycles. The van der Waals surface area contributed by atoms with E-state index >= 15 is 0 Å². The maximum absolute atomic E-state index is 13.0. The van der Waals surface area contributed by atoms with Gasteiger partial charge >= 0.3 is 11.8 Å². The Bertz CT molecular complexity index is 1270. The Hall–Kier alpha value is -3.74. The van der Waals surface area contributed by atoms with E-state index in [0.29, 0.717) is 27.8 Å². The number of rotatable bonds is 5. The van der Waals surface area contributed by atoms with Crippen molar-refractivity contribution < 1.29 is 27.1 Å². The molecule has 0 radical (unpaired) electrons. The minimum Gasteiger partial charge on any atom is -0.497 e. The molecule has 0 saturated carbocycles. The quantitative estimate of drug-likeness (QED) is 0.364. The van der Waals surface area contributed by atoms with Crippen molar-refractivity contribution in [3.05, 3.63) is 94.3 Å². The summed E-state index contributed by atoms with van der Waals surface area (Å²) in [5.74, 6) is 0.856. The van der Waals surface area contributed by atoms with Crippen LogP contribution in [0.2, 0.25) is 0 Å². The van der Waals surface area contributed by atoms with Crippen LogP contribution in [-0.4, -0.2) is 7.11 Å². The molecule has 0 bridgehead atoms. The Morgan fingerprint density at radius 2 is 1.68 bits per heavy atom. The van der Waals surface area contributed by atoms with Gasteiger partial charge in [-0.1, -0.05) is 36.4 Å². The second kappa shape index (κ2) is 8.18. The fraction of sp³-hybridized carbons (Fsp3) is 0.125. The predicted octanol–water partition coefficient (Wildman–Crippen LogP) is 6.07. The van der Waals surface area contributed by atoms with Gasteiger partial charge in [0.25, 0.3) is 0 Å². The zero-order valence-corrected chi connectivity index (χ0v) is 16.4. The molecule has 4 nitrogen and oxygen atoms in total. The maximum atomic E-state index is 13.0. The first-order valence-corrected chi connectivity index (χ1v) is 9.36. The highest BCUT2D eigenvalue weighted by Crippen LogP contribution is 2.36. The number of para-hydroxylation sites is 1. The van der Waals surface area contributed by atoms with Gasteiger partial charge in [-0.05, 0) is 47.5 Å². The summed E-state index contributed by atoms with van der Waals surface area (Å²) in [6.45, 7) is -0.152. The van der Waals surface area contributed by atoms with Crippen LogP contribution in [-0.2, 0) is 12.8 Å². The number of methoxy groups -OCH3 is 1. The number of alkyl halides is 3. The zero-order chi connectivity index (χ0) is 22.0. The lowest BCUT2D eigenvalue weighted by atomic mass is 10.0. The van der Waals surface area contributed by atoms with Crippen molar-refractivity contribution in [3.8, 4) is 22.6 Å². The van der Waals surface area contributed by atoms with E-state index in [-0.39, 0.29) is 17.9 Å². The van der Waals surface area contributed by atoms with Gasteiger partial charge in [0.05, 0.1) is 18.1 Å². The fourth-order valence-electron chi connectivity index (χ4n) is 3.27. The minimum absolute atomic E-state index is 0.152. The summed E-state index contributed by atoms with van der Waals surface area (Å²) in [5, 5.41) is 0.542. The van der Waals surface area contributed by atoms with Gasteiger partial charge in [0, 0.05) is 0 Å². The molecule has 0 atom stereocenters. The third-order valence-corrected chi connectivity index (χ3v) is 4.78. The number of benzene rings is 3. The molecule has 0 unspecified atom stereocenters. The Morgan fingerprint density at radius 3 is 2.39 bits per heavy atom.